The Hall–Kier alpha value is -2.84. The molecule has 1 aromatic rings. The fourth-order valence-corrected chi connectivity index (χ4v) is 6.23. The Morgan fingerprint density at radius 2 is 1.80 bits per heavy atom. The van der Waals surface area contributed by atoms with Crippen LogP contribution in [0.4, 0.5) is 0 Å². The molecule has 3 aliphatic rings. The van der Waals surface area contributed by atoms with Gasteiger partial charge in [0.2, 0.25) is 10.0 Å². The number of benzene rings is 1. The second-order valence-electron chi connectivity index (χ2n) is 9.31. The Kier molecular flexibility index (Phi) is 7.52. The van der Waals surface area contributed by atoms with Crippen LogP contribution < -0.4 is 14.8 Å². The molecule has 0 aromatic heterocycles. The average Bonchev–Trinajstić information content (AvgIpc) is 2.88. The monoisotopic (exact) mass is 505 g/mol. The summed E-state index contributed by atoms with van der Waals surface area (Å²) in [4.78, 5) is 25.4. The number of rotatable bonds is 6. The number of nitriles is 1. The van der Waals surface area contributed by atoms with Crippen LogP contribution in [0.3, 0.4) is 0 Å². The molecule has 0 spiro atoms. The predicted molar refractivity (Wildman–Crippen MR) is 124 cm³/mol. The van der Waals surface area contributed by atoms with Crippen LogP contribution >= 0.6 is 0 Å². The minimum Gasteiger partial charge on any atom is -0.486 e. The number of ether oxygens (including phenoxy) is 3. The van der Waals surface area contributed by atoms with E-state index >= 15 is 0 Å². The van der Waals surface area contributed by atoms with E-state index in [4.69, 9.17) is 14.2 Å². The Bertz CT molecular complexity index is 1100. The average molecular weight is 506 g/mol. The van der Waals surface area contributed by atoms with Gasteiger partial charge in [0.15, 0.2) is 17.6 Å². The normalized spacial score (nSPS) is 21.4. The van der Waals surface area contributed by atoms with Crippen molar-refractivity contribution >= 4 is 21.9 Å². The second-order valence-corrected chi connectivity index (χ2v) is 11.2. The highest BCUT2D eigenvalue weighted by Crippen LogP contribution is 2.34. The van der Waals surface area contributed by atoms with Crippen molar-refractivity contribution in [1.29, 1.82) is 5.26 Å². The topological polar surface area (TPSA) is 135 Å². The maximum atomic E-state index is 13.1. The number of carbonyl (C=O) groups excluding carboxylic acids is 2. The molecule has 1 atom stereocenters. The van der Waals surface area contributed by atoms with E-state index in [0.717, 1.165) is 19.3 Å². The molecule has 10 nitrogen and oxygen atoms in total. The van der Waals surface area contributed by atoms with E-state index in [1.165, 1.54) is 23.4 Å². The molecule has 2 aliphatic heterocycles. The maximum Gasteiger partial charge on any atom is 0.309 e. The zero-order chi connectivity index (χ0) is 25.1. The molecule has 190 valence electrons. The van der Waals surface area contributed by atoms with E-state index in [-0.39, 0.29) is 18.0 Å². The van der Waals surface area contributed by atoms with Gasteiger partial charge in [0.05, 0.1) is 16.9 Å². The highest BCUT2D eigenvalue weighted by Gasteiger charge is 2.37. The Morgan fingerprint density at radius 1 is 1.14 bits per heavy atom. The zero-order valence-corrected chi connectivity index (χ0v) is 20.6. The van der Waals surface area contributed by atoms with Crippen molar-refractivity contribution < 1.29 is 32.2 Å². The molecule has 1 amide bonds. The SMILES string of the molecule is C[C@@H](OC(=O)C1CCN(S(=O)(=O)c2ccc3c(c2)OCCO3)CC1)C(=O)NC1(C#N)CCCCC1. The quantitative estimate of drug-likeness (QED) is 0.581. The Morgan fingerprint density at radius 3 is 2.46 bits per heavy atom. The molecule has 11 heteroatoms. The molecule has 1 N–H and O–H groups in total. The number of hydrogen-bond acceptors (Lipinski definition) is 8. The van der Waals surface area contributed by atoms with E-state index in [9.17, 15) is 23.3 Å². The summed E-state index contributed by atoms with van der Waals surface area (Å²) in [6, 6.07) is 6.76. The molecule has 0 unspecified atom stereocenters. The van der Waals surface area contributed by atoms with Crippen LogP contribution in [-0.4, -0.2) is 62.5 Å². The lowest BCUT2D eigenvalue weighted by atomic mass is 9.83. The Labute approximate surface area is 205 Å². The molecule has 1 aliphatic carbocycles. The van der Waals surface area contributed by atoms with Gasteiger partial charge < -0.3 is 19.5 Å². The van der Waals surface area contributed by atoms with Crippen LogP contribution in [0.1, 0.15) is 51.9 Å². The molecular formula is C24H31N3O7S. The molecule has 2 heterocycles. The van der Waals surface area contributed by atoms with Crippen molar-refractivity contribution in [3.05, 3.63) is 18.2 Å². The van der Waals surface area contributed by atoms with Gasteiger partial charge in [0.1, 0.15) is 18.8 Å². The largest absolute Gasteiger partial charge is 0.486 e. The third-order valence-corrected chi connectivity index (χ3v) is 8.78. The number of carbonyl (C=O) groups is 2. The third kappa shape index (κ3) is 5.54. The summed E-state index contributed by atoms with van der Waals surface area (Å²) in [5.41, 5.74) is -0.899. The molecule has 1 saturated carbocycles. The van der Waals surface area contributed by atoms with Gasteiger partial charge >= 0.3 is 5.97 Å². The number of hydrogen-bond donors (Lipinski definition) is 1. The molecular weight excluding hydrogens is 474 g/mol. The van der Waals surface area contributed by atoms with E-state index < -0.39 is 39.5 Å². The first-order chi connectivity index (χ1) is 16.7. The highest BCUT2D eigenvalue weighted by atomic mass is 32.2. The summed E-state index contributed by atoms with van der Waals surface area (Å²) in [6.45, 7) is 2.59. The number of nitrogens with one attached hydrogen (secondary N) is 1. The first kappa shape index (κ1) is 25.3. The first-order valence-electron chi connectivity index (χ1n) is 12.1. The van der Waals surface area contributed by atoms with Gasteiger partial charge in [-0.3, -0.25) is 9.59 Å². The summed E-state index contributed by atoms with van der Waals surface area (Å²) in [7, 11) is -3.76. The second kappa shape index (κ2) is 10.4. The van der Waals surface area contributed by atoms with E-state index in [2.05, 4.69) is 11.4 Å². The molecule has 1 saturated heterocycles. The van der Waals surface area contributed by atoms with Crippen LogP contribution in [0.15, 0.2) is 23.1 Å². The van der Waals surface area contributed by atoms with Crippen LogP contribution in [0, 0.1) is 17.2 Å². The van der Waals surface area contributed by atoms with Gasteiger partial charge in [-0.1, -0.05) is 19.3 Å². The van der Waals surface area contributed by atoms with Gasteiger partial charge in [-0.2, -0.15) is 9.57 Å². The summed E-state index contributed by atoms with van der Waals surface area (Å²) >= 11 is 0. The molecule has 0 bridgehead atoms. The van der Waals surface area contributed by atoms with Crippen molar-refractivity contribution in [2.45, 2.75) is 68.4 Å². The van der Waals surface area contributed by atoms with Gasteiger partial charge in [-0.15, -0.1) is 0 Å². The molecule has 0 radical (unpaired) electrons. The smallest absolute Gasteiger partial charge is 0.309 e. The molecule has 1 aromatic carbocycles. The van der Waals surface area contributed by atoms with E-state index in [1.807, 2.05) is 0 Å². The van der Waals surface area contributed by atoms with Crippen LogP contribution in [0.2, 0.25) is 0 Å². The lowest BCUT2D eigenvalue weighted by molar-refractivity contribution is -0.160. The molecule has 2 fully saturated rings. The summed E-state index contributed by atoms with van der Waals surface area (Å²) < 4.78 is 43.9. The standard InChI is InChI=1S/C24H31N3O7S/c1-17(22(28)26-24(16-25)9-3-2-4-10-24)34-23(29)18-7-11-27(12-8-18)35(30,31)19-5-6-20-21(15-19)33-14-13-32-20/h5-6,15,17-18H,2-4,7-14H2,1H3,(H,26,28)/t17-/m1/s1. The number of sulfonamides is 1. The van der Waals surface area contributed by atoms with Crippen molar-refractivity contribution in [2.75, 3.05) is 26.3 Å². The van der Waals surface area contributed by atoms with E-state index in [0.29, 0.717) is 50.4 Å². The lowest BCUT2D eigenvalue weighted by Crippen LogP contribution is -2.52. The van der Waals surface area contributed by atoms with Crippen molar-refractivity contribution in [3.8, 4) is 17.6 Å². The van der Waals surface area contributed by atoms with Crippen LogP contribution in [-0.2, 0) is 24.3 Å². The maximum absolute atomic E-state index is 13.1. The summed E-state index contributed by atoms with van der Waals surface area (Å²) in [5, 5.41) is 12.3. The summed E-state index contributed by atoms with van der Waals surface area (Å²) in [5.74, 6) is -0.607. The number of esters is 1. The third-order valence-electron chi connectivity index (χ3n) is 6.88. The molecule has 4 rings (SSSR count). The van der Waals surface area contributed by atoms with Crippen molar-refractivity contribution in [1.82, 2.24) is 9.62 Å². The fourth-order valence-electron chi connectivity index (χ4n) is 4.75. The number of piperidine rings is 1. The minimum absolute atomic E-state index is 0.113. The highest BCUT2D eigenvalue weighted by molar-refractivity contribution is 7.89. The lowest BCUT2D eigenvalue weighted by Gasteiger charge is -2.33. The predicted octanol–water partition coefficient (Wildman–Crippen LogP) is 2.13. The first-order valence-corrected chi connectivity index (χ1v) is 13.5. The zero-order valence-electron chi connectivity index (χ0n) is 19.8. The van der Waals surface area contributed by atoms with Crippen molar-refractivity contribution in [3.63, 3.8) is 0 Å². The van der Waals surface area contributed by atoms with Crippen LogP contribution in [0.25, 0.3) is 0 Å². The Balaban J connectivity index is 1.30. The fraction of sp³-hybridized carbons (Fsp3) is 0.625. The molecule has 35 heavy (non-hydrogen) atoms. The number of fused-ring (bicyclic) bond motifs is 1. The van der Waals surface area contributed by atoms with Crippen LogP contribution in [0.5, 0.6) is 11.5 Å². The van der Waals surface area contributed by atoms with Gasteiger partial charge in [0, 0.05) is 19.2 Å². The van der Waals surface area contributed by atoms with Crippen molar-refractivity contribution in [2.24, 2.45) is 5.92 Å². The van der Waals surface area contributed by atoms with Gasteiger partial charge in [0.25, 0.3) is 5.91 Å². The number of amides is 1. The van der Waals surface area contributed by atoms with E-state index in [1.54, 1.807) is 6.07 Å². The van der Waals surface area contributed by atoms with Gasteiger partial charge in [-0.05, 0) is 44.7 Å². The minimum atomic E-state index is -3.76. The number of nitrogens with zero attached hydrogens (tertiary/aromatic N) is 2. The van der Waals surface area contributed by atoms with Gasteiger partial charge in [-0.25, -0.2) is 8.42 Å². The summed E-state index contributed by atoms with van der Waals surface area (Å²) in [6.07, 6.45) is 3.50.